The van der Waals surface area contributed by atoms with Crippen molar-refractivity contribution >= 4 is 5.78 Å². The zero-order chi connectivity index (χ0) is 9.97. The monoisotopic (exact) mass is 192 g/mol. The summed E-state index contributed by atoms with van der Waals surface area (Å²) >= 11 is 0. The van der Waals surface area contributed by atoms with Gasteiger partial charge in [-0.1, -0.05) is 30.3 Å². The summed E-state index contributed by atoms with van der Waals surface area (Å²) in [5.74, 6) is -0.0397. The minimum absolute atomic E-state index is 0.0397. The van der Waals surface area contributed by atoms with Crippen LogP contribution in [0.25, 0.3) is 0 Å². The van der Waals surface area contributed by atoms with Crippen molar-refractivity contribution < 1.29 is 14.6 Å². The first kappa shape index (κ1) is 9.37. The molecule has 3 nitrogen and oxygen atoms in total. The first-order chi connectivity index (χ1) is 6.77. The van der Waals surface area contributed by atoms with Crippen molar-refractivity contribution in [3.63, 3.8) is 0 Å². The lowest BCUT2D eigenvalue weighted by molar-refractivity contribution is -0.0802. The molecule has 0 aliphatic carbocycles. The van der Waals surface area contributed by atoms with Crippen molar-refractivity contribution in [1.82, 2.24) is 0 Å². The standard InChI is InChI=1S/C11H12O3/c12-10-7-6-9(14-10)11(13)8-4-2-1-3-5-8/h1-5,9-10,12H,6-7H2. The highest BCUT2D eigenvalue weighted by Crippen LogP contribution is 2.21. The number of carbonyl (C=O) groups is 1. The van der Waals surface area contributed by atoms with Gasteiger partial charge >= 0.3 is 0 Å². The molecule has 2 unspecified atom stereocenters. The SMILES string of the molecule is O=C(c1ccccc1)C1CCC(O)O1. The van der Waals surface area contributed by atoms with Gasteiger partial charge < -0.3 is 9.84 Å². The van der Waals surface area contributed by atoms with Gasteiger partial charge in [0.2, 0.25) is 0 Å². The molecular formula is C11H12O3. The van der Waals surface area contributed by atoms with Crippen LogP contribution in [0.4, 0.5) is 0 Å². The number of benzene rings is 1. The van der Waals surface area contributed by atoms with E-state index >= 15 is 0 Å². The second-order valence-electron chi connectivity index (χ2n) is 3.39. The summed E-state index contributed by atoms with van der Waals surface area (Å²) in [6, 6.07) is 9.02. The molecular weight excluding hydrogens is 180 g/mol. The van der Waals surface area contributed by atoms with Crippen molar-refractivity contribution in [3.8, 4) is 0 Å². The summed E-state index contributed by atoms with van der Waals surface area (Å²) in [6.45, 7) is 0. The summed E-state index contributed by atoms with van der Waals surface area (Å²) in [5, 5.41) is 9.12. The molecule has 0 saturated carbocycles. The van der Waals surface area contributed by atoms with Gasteiger partial charge in [-0.3, -0.25) is 4.79 Å². The Morgan fingerprint density at radius 2 is 2.00 bits per heavy atom. The van der Waals surface area contributed by atoms with Crippen molar-refractivity contribution in [2.24, 2.45) is 0 Å². The Labute approximate surface area is 82.3 Å². The molecule has 14 heavy (non-hydrogen) atoms. The predicted molar refractivity (Wildman–Crippen MR) is 50.9 cm³/mol. The van der Waals surface area contributed by atoms with E-state index in [2.05, 4.69) is 0 Å². The van der Waals surface area contributed by atoms with Crippen LogP contribution >= 0.6 is 0 Å². The molecule has 1 aliphatic heterocycles. The number of Topliss-reactive ketones (excluding diaryl/α,β-unsaturated/α-hetero) is 1. The van der Waals surface area contributed by atoms with Gasteiger partial charge in [0.25, 0.3) is 0 Å². The van der Waals surface area contributed by atoms with Crippen LogP contribution in [0.5, 0.6) is 0 Å². The van der Waals surface area contributed by atoms with Crippen LogP contribution in [0, 0.1) is 0 Å². The number of carbonyl (C=O) groups excluding carboxylic acids is 1. The summed E-state index contributed by atoms with van der Waals surface area (Å²) in [7, 11) is 0. The van der Waals surface area contributed by atoms with E-state index in [-0.39, 0.29) is 5.78 Å². The van der Waals surface area contributed by atoms with Crippen LogP contribution in [-0.4, -0.2) is 23.3 Å². The number of aliphatic hydroxyl groups is 1. The lowest BCUT2D eigenvalue weighted by Gasteiger charge is -2.08. The maximum absolute atomic E-state index is 11.8. The van der Waals surface area contributed by atoms with E-state index in [1.54, 1.807) is 12.1 Å². The average Bonchev–Trinajstić information content (AvgIpc) is 2.65. The van der Waals surface area contributed by atoms with Gasteiger partial charge in [0.05, 0.1) is 0 Å². The molecule has 1 aromatic rings. The van der Waals surface area contributed by atoms with Gasteiger partial charge in [0.15, 0.2) is 12.1 Å². The Morgan fingerprint density at radius 3 is 2.57 bits per heavy atom. The normalized spacial score (nSPS) is 26.4. The molecule has 0 aromatic heterocycles. The zero-order valence-corrected chi connectivity index (χ0v) is 7.72. The number of ketones is 1. The Morgan fingerprint density at radius 1 is 1.29 bits per heavy atom. The number of ether oxygens (including phenoxy) is 1. The van der Waals surface area contributed by atoms with E-state index in [4.69, 9.17) is 9.84 Å². The fourth-order valence-corrected chi connectivity index (χ4v) is 1.60. The quantitative estimate of drug-likeness (QED) is 0.720. The first-order valence-electron chi connectivity index (χ1n) is 4.70. The Balaban J connectivity index is 2.10. The van der Waals surface area contributed by atoms with Gasteiger partial charge in [-0.2, -0.15) is 0 Å². The van der Waals surface area contributed by atoms with Gasteiger partial charge in [-0.25, -0.2) is 0 Å². The minimum Gasteiger partial charge on any atom is -0.368 e. The Hall–Kier alpha value is -1.19. The van der Waals surface area contributed by atoms with Crippen LogP contribution in [0.15, 0.2) is 30.3 Å². The van der Waals surface area contributed by atoms with Gasteiger partial charge in [-0.05, 0) is 6.42 Å². The predicted octanol–water partition coefficient (Wildman–Crippen LogP) is 1.37. The van der Waals surface area contributed by atoms with Gasteiger partial charge in [0, 0.05) is 12.0 Å². The van der Waals surface area contributed by atoms with E-state index < -0.39 is 12.4 Å². The molecule has 1 heterocycles. The molecule has 3 heteroatoms. The van der Waals surface area contributed by atoms with E-state index in [1.807, 2.05) is 18.2 Å². The summed E-state index contributed by atoms with van der Waals surface area (Å²) in [5.41, 5.74) is 0.645. The van der Waals surface area contributed by atoms with Gasteiger partial charge in [-0.15, -0.1) is 0 Å². The molecule has 2 rings (SSSR count). The third-order valence-electron chi connectivity index (χ3n) is 2.35. The molecule has 1 saturated heterocycles. The van der Waals surface area contributed by atoms with Crippen molar-refractivity contribution in [3.05, 3.63) is 35.9 Å². The second-order valence-corrected chi connectivity index (χ2v) is 3.39. The fraction of sp³-hybridized carbons (Fsp3) is 0.364. The molecule has 1 aliphatic rings. The number of hydrogen-bond acceptors (Lipinski definition) is 3. The summed E-state index contributed by atoms with van der Waals surface area (Å²) in [6.07, 6.45) is -0.0851. The molecule has 1 aromatic carbocycles. The van der Waals surface area contributed by atoms with Crippen LogP contribution in [-0.2, 0) is 4.74 Å². The fourth-order valence-electron chi connectivity index (χ4n) is 1.60. The number of rotatable bonds is 2. The second kappa shape index (κ2) is 3.90. The third kappa shape index (κ3) is 1.84. The Bertz CT molecular complexity index is 321. The third-order valence-corrected chi connectivity index (χ3v) is 2.35. The van der Waals surface area contributed by atoms with Crippen molar-refractivity contribution in [1.29, 1.82) is 0 Å². The van der Waals surface area contributed by atoms with E-state index in [0.717, 1.165) is 0 Å². The van der Waals surface area contributed by atoms with Crippen LogP contribution in [0.3, 0.4) is 0 Å². The largest absolute Gasteiger partial charge is 0.368 e. The van der Waals surface area contributed by atoms with Crippen LogP contribution in [0.2, 0.25) is 0 Å². The average molecular weight is 192 g/mol. The molecule has 74 valence electrons. The van der Waals surface area contributed by atoms with Crippen LogP contribution in [0.1, 0.15) is 23.2 Å². The minimum atomic E-state index is -0.771. The lowest BCUT2D eigenvalue weighted by atomic mass is 10.0. The molecule has 2 atom stereocenters. The summed E-state index contributed by atoms with van der Waals surface area (Å²) < 4.78 is 5.08. The molecule has 1 N–H and O–H groups in total. The first-order valence-corrected chi connectivity index (χ1v) is 4.70. The molecule has 0 spiro atoms. The Kier molecular flexibility index (Phi) is 2.61. The maximum atomic E-state index is 11.8. The summed E-state index contributed by atoms with van der Waals surface area (Å²) in [4.78, 5) is 11.8. The molecule has 0 bridgehead atoms. The van der Waals surface area contributed by atoms with E-state index in [1.165, 1.54) is 0 Å². The van der Waals surface area contributed by atoms with E-state index in [0.29, 0.717) is 18.4 Å². The highest BCUT2D eigenvalue weighted by molar-refractivity contribution is 5.99. The highest BCUT2D eigenvalue weighted by Gasteiger charge is 2.29. The lowest BCUT2D eigenvalue weighted by Crippen LogP contribution is -2.21. The van der Waals surface area contributed by atoms with Crippen LogP contribution < -0.4 is 0 Å². The molecule has 0 radical (unpaired) electrons. The zero-order valence-electron chi connectivity index (χ0n) is 7.72. The number of hydrogen-bond donors (Lipinski definition) is 1. The molecule has 0 amide bonds. The smallest absolute Gasteiger partial charge is 0.191 e. The van der Waals surface area contributed by atoms with E-state index in [9.17, 15) is 4.79 Å². The topological polar surface area (TPSA) is 46.5 Å². The highest BCUT2D eigenvalue weighted by atomic mass is 16.6. The van der Waals surface area contributed by atoms with Crippen molar-refractivity contribution in [2.75, 3.05) is 0 Å². The molecule has 1 fully saturated rings. The van der Waals surface area contributed by atoms with Crippen molar-refractivity contribution in [2.45, 2.75) is 25.2 Å². The maximum Gasteiger partial charge on any atom is 0.191 e. The van der Waals surface area contributed by atoms with Gasteiger partial charge in [0.1, 0.15) is 6.10 Å². The number of aliphatic hydroxyl groups excluding tert-OH is 1.